The van der Waals surface area contributed by atoms with E-state index >= 15 is 0 Å². The third kappa shape index (κ3) is 4.23. The van der Waals surface area contributed by atoms with Gasteiger partial charge in [0.2, 0.25) is 5.89 Å². The van der Waals surface area contributed by atoms with Crippen molar-refractivity contribution in [3.05, 3.63) is 84.1 Å². The number of oxazole rings is 1. The van der Waals surface area contributed by atoms with E-state index < -0.39 is 0 Å². The Balaban J connectivity index is 1.30. The minimum absolute atomic E-state index is 0.0225. The molecular weight excluding hydrogens is 359 g/mol. The number of fused-ring (bicyclic) bond motifs is 1. The van der Waals surface area contributed by atoms with Crippen molar-refractivity contribution in [1.82, 2.24) is 9.97 Å². The van der Waals surface area contributed by atoms with Gasteiger partial charge in [-0.15, -0.1) is 0 Å². The average Bonchev–Trinajstić information content (AvgIpc) is 3.20. The van der Waals surface area contributed by atoms with E-state index in [2.05, 4.69) is 9.97 Å². The largest absolute Gasteiger partial charge is 0.459 e. The molecule has 2 heterocycles. The van der Waals surface area contributed by atoms with Crippen LogP contribution in [-0.2, 0) is 22.6 Å². The predicted octanol–water partition coefficient (Wildman–Crippen LogP) is 4.70. The summed E-state index contributed by atoms with van der Waals surface area (Å²) in [7, 11) is 0. The molecule has 2 aromatic heterocycles. The zero-order valence-electron chi connectivity index (χ0n) is 15.0. The molecule has 0 bridgehead atoms. The van der Waals surface area contributed by atoms with Crippen molar-refractivity contribution in [2.75, 3.05) is 0 Å². The molecule has 0 atom stereocenters. The Labute approximate surface area is 160 Å². The van der Waals surface area contributed by atoms with Gasteiger partial charge in [0.15, 0.2) is 0 Å². The normalized spacial score (nSPS) is 10.9. The van der Waals surface area contributed by atoms with Crippen molar-refractivity contribution in [1.29, 1.82) is 0 Å². The SMILES string of the molecule is O=C(CCc1ccc2ccccc2n1)OCc1coc(-c2ccc(F)cc2)n1. The molecule has 4 aromatic rings. The van der Waals surface area contributed by atoms with Crippen LogP contribution in [0.25, 0.3) is 22.4 Å². The third-order valence-corrected chi connectivity index (χ3v) is 4.27. The van der Waals surface area contributed by atoms with Crippen molar-refractivity contribution < 1.29 is 18.3 Å². The lowest BCUT2D eigenvalue weighted by atomic mass is 10.1. The molecule has 5 nitrogen and oxygen atoms in total. The van der Waals surface area contributed by atoms with Gasteiger partial charge >= 0.3 is 5.97 Å². The number of nitrogens with zero attached hydrogens (tertiary/aromatic N) is 2. The van der Waals surface area contributed by atoms with Gasteiger partial charge in [-0.25, -0.2) is 9.37 Å². The van der Waals surface area contributed by atoms with Crippen molar-refractivity contribution in [3.8, 4) is 11.5 Å². The summed E-state index contributed by atoms with van der Waals surface area (Å²) in [5.74, 6) is -0.307. The third-order valence-electron chi connectivity index (χ3n) is 4.27. The zero-order valence-corrected chi connectivity index (χ0v) is 15.0. The first-order valence-corrected chi connectivity index (χ1v) is 8.88. The molecule has 140 valence electrons. The number of halogens is 1. The Hall–Kier alpha value is -3.54. The molecule has 0 fully saturated rings. The summed E-state index contributed by atoms with van der Waals surface area (Å²) in [4.78, 5) is 20.8. The van der Waals surface area contributed by atoms with E-state index in [9.17, 15) is 9.18 Å². The van der Waals surface area contributed by atoms with E-state index in [1.165, 1.54) is 18.4 Å². The fraction of sp³-hybridized carbons (Fsp3) is 0.136. The standard InChI is InChI=1S/C22H17FN2O3/c23-17-8-5-16(6-9-17)22-25-19(14-28-22)13-27-21(26)12-11-18-10-7-15-3-1-2-4-20(15)24-18/h1-10,14H,11-13H2. The van der Waals surface area contributed by atoms with E-state index in [4.69, 9.17) is 9.15 Å². The van der Waals surface area contributed by atoms with Gasteiger partial charge in [-0.05, 0) is 36.4 Å². The Kier molecular flexibility index (Phi) is 5.10. The van der Waals surface area contributed by atoms with Crippen LogP contribution in [0.5, 0.6) is 0 Å². The number of aryl methyl sites for hydroxylation is 1. The topological polar surface area (TPSA) is 65.2 Å². The number of benzene rings is 2. The van der Waals surface area contributed by atoms with Gasteiger partial charge in [-0.1, -0.05) is 24.3 Å². The Morgan fingerprint density at radius 2 is 1.79 bits per heavy atom. The quantitative estimate of drug-likeness (QED) is 0.456. The second kappa shape index (κ2) is 8.00. The van der Waals surface area contributed by atoms with E-state index in [0.717, 1.165) is 16.6 Å². The smallest absolute Gasteiger partial charge is 0.306 e. The van der Waals surface area contributed by atoms with Crippen molar-refractivity contribution in [2.24, 2.45) is 0 Å². The summed E-state index contributed by atoms with van der Waals surface area (Å²) in [6.07, 6.45) is 2.16. The molecule has 0 aliphatic carbocycles. The lowest BCUT2D eigenvalue weighted by Gasteiger charge is -2.04. The van der Waals surface area contributed by atoms with Crippen LogP contribution in [0, 0.1) is 5.82 Å². The highest BCUT2D eigenvalue weighted by Crippen LogP contribution is 2.19. The van der Waals surface area contributed by atoms with Crippen LogP contribution < -0.4 is 0 Å². The van der Waals surface area contributed by atoms with E-state index in [1.807, 2.05) is 36.4 Å². The van der Waals surface area contributed by atoms with Crippen LogP contribution in [-0.4, -0.2) is 15.9 Å². The molecule has 0 spiro atoms. The van der Waals surface area contributed by atoms with Crippen LogP contribution in [0.1, 0.15) is 17.8 Å². The van der Waals surface area contributed by atoms with Crippen LogP contribution in [0.15, 0.2) is 71.3 Å². The summed E-state index contributed by atoms with van der Waals surface area (Å²) >= 11 is 0. The summed E-state index contributed by atoms with van der Waals surface area (Å²) in [5, 5.41) is 1.07. The van der Waals surface area contributed by atoms with Crippen LogP contribution >= 0.6 is 0 Å². The molecule has 0 unspecified atom stereocenters. The number of esters is 1. The maximum absolute atomic E-state index is 13.0. The molecule has 4 rings (SSSR count). The van der Waals surface area contributed by atoms with Crippen molar-refractivity contribution in [2.45, 2.75) is 19.4 Å². The summed E-state index contributed by atoms with van der Waals surface area (Å²) in [5.41, 5.74) is 2.90. The molecular formula is C22H17FN2O3. The fourth-order valence-electron chi connectivity index (χ4n) is 2.80. The van der Waals surface area contributed by atoms with Gasteiger partial charge in [0.05, 0.1) is 11.9 Å². The van der Waals surface area contributed by atoms with Crippen molar-refractivity contribution >= 4 is 16.9 Å². The zero-order chi connectivity index (χ0) is 19.3. The highest BCUT2D eigenvalue weighted by Gasteiger charge is 2.10. The maximum atomic E-state index is 13.0. The average molecular weight is 376 g/mol. The molecule has 0 aliphatic heterocycles. The Morgan fingerprint density at radius 3 is 2.64 bits per heavy atom. The van der Waals surface area contributed by atoms with Crippen LogP contribution in [0.2, 0.25) is 0 Å². The van der Waals surface area contributed by atoms with Gasteiger partial charge in [0.25, 0.3) is 0 Å². The summed E-state index contributed by atoms with van der Waals surface area (Å²) in [6.45, 7) is 0.0225. The number of hydrogen-bond acceptors (Lipinski definition) is 5. The number of para-hydroxylation sites is 1. The molecule has 28 heavy (non-hydrogen) atoms. The molecule has 0 radical (unpaired) electrons. The van der Waals surface area contributed by atoms with Gasteiger partial charge in [-0.3, -0.25) is 9.78 Å². The van der Waals surface area contributed by atoms with Crippen molar-refractivity contribution in [3.63, 3.8) is 0 Å². The van der Waals surface area contributed by atoms with E-state index in [-0.39, 0.29) is 24.8 Å². The summed E-state index contributed by atoms with van der Waals surface area (Å²) in [6, 6.07) is 17.6. The molecule has 0 N–H and O–H groups in total. The monoisotopic (exact) mass is 376 g/mol. The molecule has 0 amide bonds. The molecule has 6 heteroatoms. The fourth-order valence-corrected chi connectivity index (χ4v) is 2.80. The molecule has 0 saturated heterocycles. The molecule has 2 aromatic carbocycles. The van der Waals surface area contributed by atoms with E-state index in [1.54, 1.807) is 12.1 Å². The second-order valence-electron chi connectivity index (χ2n) is 6.31. The first-order chi connectivity index (χ1) is 13.7. The first kappa shape index (κ1) is 17.9. The highest BCUT2D eigenvalue weighted by atomic mass is 19.1. The number of aromatic nitrogens is 2. The minimum Gasteiger partial charge on any atom is -0.459 e. The van der Waals surface area contributed by atoms with Gasteiger partial charge in [-0.2, -0.15) is 0 Å². The highest BCUT2D eigenvalue weighted by molar-refractivity contribution is 5.78. The Bertz CT molecular complexity index is 1110. The predicted molar refractivity (Wildman–Crippen MR) is 102 cm³/mol. The molecule has 0 saturated carbocycles. The lowest BCUT2D eigenvalue weighted by molar-refractivity contribution is -0.145. The Morgan fingerprint density at radius 1 is 0.964 bits per heavy atom. The summed E-state index contributed by atoms with van der Waals surface area (Å²) < 4.78 is 23.6. The second-order valence-corrected chi connectivity index (χ2v) is 6.31. The lowest BCUT2D eigenvalue weighted by Crippen LogP contribution is -2.06. The number of ether oxygens (including phenoxy) is 1. The first-order valence-electron chi connectivity index (χ1n) is 8.88. The minimum atomic E-state index is -0.332. The van der Waals surface area contributed by atoms with Crippen LogP contribution in [0.4, 0.5) is 4.39 Å². The van der Waals surface area contributed by atoms with Crippen LogP contribution in [0.3, 0.4) is 0 Å². The van der Waals surface area contributed by atoms with Gasteiger partial charge in [0, 0.05) is 23.1 Å². The number of carbonyl (C=O) groups excluding carboxylic acids is 1. The van der Waals surface area contributed by atoms with Gasteiger partial charge in [0.1, 0.15) is 24.4 Å². The molecule has 0 aliphatic rings. The number of rotatable bonds is 6. The number of carbonyl (C=O) groups is 1. The number of hydrogen-bond donors (Lipinski definition) is 0. The van der Waals surface area contributed by atoms with E-state index in [0.29, 0.717) is 23.6 Å². The number of pyridine rings is 1. The maximum Gasteiger partial charge on any atom is 0.306 e. The van der Waals surface area contributed by atoms with Gasteiger partial charge < -0.3 is 9.15 Å².